The quantitative estimate of drug-likeness (QED) is 0.287. The van der Waals surface area contributed by atoms with Gasteiger partial charge in [-0.1, -0.05) is 35.4 Å². The summed E-state index contributed by atoms with van der Waals surface area (Å²) in [5.74, 6) is 1.17. The van der Waals surface area contributed by atoms with Crippen molar-refractivity contribution in [1.29, 1.82) is 0 Å². The van der Waals surface area contributed by atoms with E-state index in [0.717, 1.165) is 6.42 Å². The summed E-state index contributed by atoms with van der Waals surface area (Å²) in [5, 5.41) is 2.82. The van der Waals surface area contributed by atoms with Crippen molar-refractivity contribution < 1.29 is 23.9 Å². The molecule has 0 spiro atoms. The SMILES string of the molecule is CC(C)OC[C@@H]1C[C@@H](OC(C)C)CN1C(=O)CSSCCNC(=O)CCC(=O)C(C)C. The number of nitrogens with zero attached hydrogens (tertiary/aromatic N) is 1. The molecule has 0 bridgehead atoms. The molecule has 0 aliphatic carbocycles. The number of hydrogen-bond donors (Lipinski definition) is 1. The fourth-order valence-electron chi connectivity index (χ4n) is 3.20. The number of ether oxygens (including phenoxy) is 2. The largest absolute Gasteiger partial charge is 0.377 e. The van der Waals surface area contributed by atoms with Crippen LogP contribution in [0.5, 0.6) is 0 Å². The van der Waals surface area contributed by atoms with E-state index in [4.69, 9.17) is 9.47 Å². The molecule has 180 valence electrons. The lowest BCUT2D eigenvalue weighted by atomic mass is 10.0. The van der Waals surface area contributed by atoms with Gasteiger partial charge in [0, 0.05) is 37.6 Å². The fraction of sp³-hybridized carbons (Fsp3) is 0.864. The fourth-order valence-corrected chi connectivity index (χ4v) is 5.01. The molecule has 1 aliphatic rings. The average molecular weight is 477 g/mol. The molecule has 2 atom stereocenters. The number of carbonyl (C=O) groups excluding carboxylic acids is 3. The van der Waals surface area contributed by atoms with Crippen LogP contribution in [0.25, 0.3) is 0 Å². The Kier molecular flexibility index (Phi) is 13.8. The molecule has 0 aromatic rings. The molecule has 0 aromatic carbocycles. The number of amides is 2. The first-order valence-electron chi connectivity index (χ1n) is 11.2. The molecule has 9 heteroatoms. The third-order valence-electron chi connectivity index (χ3n) is 4.80. The van der Waals surface area contributed by atoms with Crippen molar-refractivity contribution in [3.8, 4) is 0 Å². The van der Waals surface area contributed by atoms with Gasteiger partial charge in [-0.15, -0.1) is 0 Å². The maximum absolute atomic E-state index is 12.8. The van der Waals surface area contributed by atoms with Gasteiger partial charge in [0.05, 0.1) is 36.7 Å². The molecular formula is C22H40N2O5S2. The Hall–Kier alpha value is -0.770. The van der Waals surface area contributed by atoms with E-state index in [2.05, 4.69) is 5.32 Å². The van der Waals surface area contributed by atoms with Gasteiger partial charge in [-0.3, -0.25) is 14.4 Å². The standard InChI is InChI=1S/C22H40N2O5S2/c1-15(2)20(25)7-8-21(26)23-9-10-30-31-14-22(27)24-12-19(29-17(5)6)11-18(24)13-28-16(3)4/h15-19H,7-14H2,1-6H3,(H,23,26)/t18-,19+/m0/s1. The van der Waals surface area contributed by atoms with E-state index in [1.165, 1.54) is 10.8 Å². The Morgan fingerprint density at radius 3 is 2.35 bits per heavy atom. The summed E-state index contributed by atoms with van der Waals surface area (Å²) in [7, 11) is 3.07. The van der Waals surface area contributed by atoms with E-state index >= 15 is 0 Å². The zero-order valence-electron chi connectivity index (χ0n) is 19.8. The van der Waals surface area contributed by atoms with Gasteiger partial charge in [0.2, 0.25) is 11.8 Å². The highest BCUT2D eigenvalue weighted by Gasteiger charge is 2.36. The van der Waals surface area contributed by atoms with Gasteiger partial charge >= 0.3 is 0 Å². The molecule has 7 nitrogen and oxygen atoms in total. The molecule has 1 fully saturated rings. The lowest BCUT2D eigenvalue weighted by molar-refractivity contribution is -0.131. The highest BCUT2D eigenvalue weighted by atomic mass is 33.1. The second kappa shape index (κ2) is 15.1. The van der Waals surface area contributed by atoms with Crippen LogP contribution in [0.1, 0.15) is 60.8 Å². The van der Waals surface area contributed by atoms with Crippen LogP contribution >= 0.6 is 21.6 Å². The highest BCUT2D eigenvalue weighted by molar-refractivity contribution is 8.76. The van der Waals surface area contributed by atoms with Gasteiger partial charge < -0.3 is 19.7 Å². The molecule has 31 heavy (non-hydrogen) atoms. The van der Waals surface area contributed by atoms with Crippen LogP contribution < -0.4 is 5.32 Å². The lowest BCUT2D eigenvalue weighted by Crippen LogP contribution is -2.40. The van der Waals surface area contributed by atoms with E-state index in [9.17, 15) is 14.4 Å². The van der Waals surface area contributed by atoms with Crippen LogP contribution in [0.15, 0.2) is 0 Å². The number of Topliss-reactive ketones (excluding diaryl/α,β-unsaturated/α-hetero) is 1. The van der Waals surface area contributed by atoms with Crippen molar-refractivity contribution in [2.45, 2.75) is 85.2 Å². The molecule has 1 saturated heterocycles. The van der Waals surface area contributed by atoms with Gasteiger partial charge in [-0.2, -0.15) is 0 Å². The summed E-state index contributed by atoms with van der Waals surface area (Å²) in [6.45, 7) is 13.4. The minimum atomic E-state index is -0.100. The van der Waals surface area contributed by atoms with Crippen molar-refractivity contribution in [3.63, 3.8) is 0 Å². The van der Waals surface area contributed by atoms with Gasteiger partial charge in [0.25, 0.3) is 0 Å². The number of nitrogens with one attached hydrogen (secondary N) is 1. The third-order valence-corrected chi connectivity index (χ3v) is 7.05. The van der Waals surface area contributed by atoms with E-state index < -0.39 is 0 Å². The summed E-state index contributed by atoms with van der Waals surface area (Å²) in [5.41, 5.74) is 0. The predicted molar refractivity (Wildman–Crippen MR) is 128 cm³/mol. The second-order valence-corrected chi connectivity index (χ2v) is 11.3. The number of hydrogen-bond acceptors (Lipinski definition) is 7. The zero-order valence-corrected chi connectivity index (χ0v) is 21.5. The number of carbonyl (C=O) groups is 3. The minimum absolute atomic E-state index is 0.0309. The van der Waals surface area contributed by atoms with Crippen molar-refractivity contribution >= 4 is 39.2 Å². The van der Waals surface area contributed by atoms with Gasteiger partial charge in [-0.25, -0.2) is 0 Å². The van der Waals surface area contributed by atoms with Crippen molar-refractivity contribution in [2.75, 3.05) is 31.2 Å². The normalized spacial score (nSPS) is 18.9. The molecule has 1 N–H and O–H groups in total. The molecular weight excluding hydrogens is 436 g/mol. The molecule has 2 amide bonds. The average Bonchev–Trinajstić information content (AvgIpc) is 3.08. The zero-order chi connectivity index (χ0) is 23.4. The number of likely N-dealkylation sites (tertiary alicyclic amines) is 1. The summed E-state index contributed by atoms with van der Waals surface area (Å²) in [4.78, 5) is 38.0. The first kappa shape index (κ1) is 28.3. The van der Waals surface area contributed by atoms with Gasteiger partial charge in [-0.05, 0) is 34.1 Å². The Morgan fingerprint density at radius 1 is 1.03 bits per heavy atom. The molecule has 0 radical (unpaired) electrons. The minimum Gasteiger partial charge on any atom is -0.377 e. The topological polar surface area (TPSA) is 84.9 Å². The Labute approximate surface area is 195 Å². The predicted octanol–water partition coefficient (Wildman–Crippen LogP) is 3.31. The van der Waals surface area contributed by atoms with Crippen molar-refractivity contribution in [2.24, 2.45) is 5.92 Å². The van der Waals surface area contributed by atoms with Crippen LogP contribution in [0.4, 0.5) is 0 Å². The van der Waals surface area contributed by atoms with Crippen LogP contribution in [-0.2, 0) is 23.9 Å². The summed E-state index contributed by atoms with van der Waals surface area (Å²) >= 11 is 0. The second-order valence-electron chi connectivity index (χ2n) is 8.68. The molecule has 0 aromatic heterocycles. The smallest absolute Gasteiger partial charge is 0.233 e. The van der Waals surface area contributed by atoms with Gasteiger partial charge in [0.15, 0.2) is 0 Å². The summed E-state index contributed by atoms with van der Waals surface area (Å²) in [6.07, 6.45) is 1.65. The Bertz CT molecular complexity index is 572. The molecule has 1 rings (SSSR count). The van der Waals surface area contributed by atoms with Crippen LogP contribution in [0.2, 0.25) is 0 Å². The third kappa shape index (κ3) is 12.2. The van der Waals surface area contributed by atoms with E-state index in [1.54, 1.807) is 10.8 Å². The molecule has 1 aliphatic heterocycles. The van der Waals surface area contributed by atoms with E-state index in [-0.39, 0.29) is 54.3 Å². The van der Waals surface area contributed by atoms with Crippen LogP contribution in [-0.4, -0.2) is 78.1 Å². The van der Waals surface area contributed by atoms with E-state index in [0.29, 0.717) is 37.6 Å². The summed E-state index contributed by atoms with van der Waals surface area (Å²) in [6, 6.07) is 0.0529. The molecule has 0 unspecified atom stereocenters. The molecule has 0 saturated carbocycles. The summed E-state index contributed by atoms with van der Waals surface area (Å²) < 4.78 is 11.7. The van der Waals surface area contributed by atoms with Crippen LogP contribution in [0, 0.1) is 5.92 Å². The van der Waals surface area contributed by atoms with Crippen molar-refractivity contribution in [1.82, 2.24) is 10.2 Å². The van der Waals surface area contributed by atoms with Crippen molar-refractivity contribution in [3.05, 3.63) is 0 Å². The first-order chi connectivity index (χ1) is 14.6. The maximum atomic E-state index is 12.8. The Balaban J connectivity index is 2.28. The van der Waals surface area contributed by atoms with E-state index in [1.807, 2.05) is 46.4 Å². The highest BCUT2D eigenvalue weighted by Crippen LogP contribution is 2.26. The van der Waals surface area contributed by atoms with Gasteiger partial charge in [0.1, 0.15) is 5.78 Å². The maximum Gasteiger partial charge on any atom is 0.233 e. The first-order valence-corrected chi connectivity index (χ1v) is 13.7. The number of rotatable bonds is 15. The monoisotopic (exact) mass is 476 g/mol. The Morgan fingerprint density at radius 2 is 1.74 bits per heavy atom. The lowest BCUT2D eigenvalue weighted by Gasteiger charge is -2.25. The number of ketones is 1. The van der Waals surface area contributed by atoms with Crippen LogP contribution in [0.3, 0.4) is 0 Å². The molecule has 1 heterocycles.